The fourth-order valence-electron chi connectivity index (χ4n) is 5.56. The summed E-state index contributed by atoms with van der Waals surface area (Å²) in [5, 5.41) is 2.37. The molecule has 2 saturated heterocycles. The number of amides is 3. The van der Waals surface area contributed by atoms with Crippen molar-refractivity contribution in [3.8, 4) is 12.3 Å². The molecule has 0 aromatic carbocycles. The first-order valence-corrected chi connectivity index (χ1v) is 12.5. The number of fused-ring (bicyclic) bond motifs is 1. The molecule has 3 atom stereocenters. The molecule has 1 aromatic heterocycles. The van der Waals surface area contributed by atoms with Crippen LogP contribution < -0.4 is 10.9 Å². The van der Waals surface area contributed by atoms with E-state index in [-0.39, 0.29) is 48.6 Å². The summed E-state index contributed by atoms with van der Waals surface area (Å²) in [6.07, 6.45) is 9.04. The van der Waals surface area contributed by atoms with Crippen LogP contribution in [0.4, 0.5) is 4.79 Å². The molecular weight excluding hydrogens is 462 g/mol. The number of nitrogens with one attached hydrogen (secondary N) is 1. The van der Waals surface area contributed by atoms with E-state index in [4.69, 9.17) is 11.2 Å². The number of imide groups is 1. The van der Waals surface area contributed by atoms with Gasteiger partial charge >= 0.3 is 6.09 Å². The molecule has 9 heteroatoms. The maximum absolute atomic E-state index is 13.7. The zero-order chi connectivity index (χ0) is 26.2. The number of carbonyl (C=O) groups excluding carboxylic acids is 4. The van der Waals surface area contributed by atoms with Crippen molar-refractivity contribution in [1.29, 1.82) is 0 Å². The van der Waals surface area contributed by atoms with Crippen molar-refractivity contribution in [3.63, 3.8) is 0 Å². The standard InChI is InChI=1S/C27H33N3O6/c1-5-16-14-22(31)18-10-13-30(17-8-11-29(12-9-17)26(35)36-27(2,3)4)25(34)21(18)15-20(16)19-6-7-23(32)28-24(19)33/h1,10,13,16-17,19-20H,6-9,11-12,14-15H2,2-4H3,(H,28,32,33)/t16?,19-,20?/m1/s1. The van der Waals surface area contributed by atoms with Gasteiger partial charge in [-0.15, -0.1) is 12.3 Å². The Balaban J connectivity index is 1.58. The molecule has 192 valence electrons. The van der Waals surface area contributed by atoms with E-state index in [2.05, 4.69) is 11.2 Å². The van der Waals surface area contributed by atoms with Crippen LogP contribution in [0.1, 0.15) is 74.8 Å². The van der Waals surface area contributed by atoms with Crippen molar-refractivity contribution in [2.45, 2.75) is 70.9 Å². The summed E-state index contributed by atoms with van der Waals surface area (Å²) in [7, 11) is 0. The van der Waals surface area contributed by atoms with E-state index in [9.17, 15) is 24.0 Å². The molecule has 0 saturated carbocycles. The topological polar surface area (TPSA) is 115 Å². The van der Waals surface area contributed by atoms with Gasteiger partial charge in [-0.1, -0.05) is 0 Å². The summed E-state index contributed by atoms with van der Waals surface area (Å²) in [4.78, 5) is 65.1. The van der Waals surface area contributed by atoms with Crippen LogP contribution in [0.3, 0.4) is 0 Å². The maximum atomic E-state index is 13.7. The van der Waals surface area contributed by atoms with Gasteiger partial charge in [0.2, 0.25) is 11.8 Å². The number of Topliss-reactive ketones (excluding diaryl/α,β-unsaturated/α-hetero) is 1. The number of hydrogen-bond donors (Lipinski definition) is 1. The van der Waals surface area contributed by atoms with Crippen molar-refractivity contribution in [2.24, 2.45) is 17.8 Å². The summed E-state index contributed by atoms with van der Waals surface area (Å²) < 4.78 is 7.11. The number of likely N-dealkylation sites (tertiary alicyclic amines) is 1. The molecular formula is C27H33N3O6. The maximum Gasteiger partial charge on any atom is 0.410 e. The predicted octanol–water partition coefficient (Wildman–Crippen LogP) is 2.47. The Kier molecular flexibility index (Phi) is 7.07. The Labute approximate surface area is 210 Å². The van der Waals surface area contributed by atoms with Crippen LogP contribution in [-0.2, 0) is 20.7 Å². The number of pyridine rings is 1. The molecule has 9 nitrogen and oxygen atoms in total. The van der Waals surface area contributed by atoms with Crippen LogP contribution in [-0.4, -0.2) is 51.8 Å². The number of hydrogen-bond acceptors (Lipinski definition) is 6. The van der Waals surface area contributed by atoms with E-state index in [0.29, 0.717) is 43.5 Å². The number of nitrogens with zero attached hydrogens (tertiary/aromatic N) is 2. The number of ketones is 1. The van der Waals surface area contributed by atoms with E-state index in [1.54, 1.807) is 21.7 Å². The Morgan fingerprint density at radius 2 is 1.81 bits per heavy atom. The van der Waals surface area contributed by atoms with E-state index in [1.165, 1.54) is 0 Å². The van der Waals surface area contributed by atoms with Crippen molar-refractivity contribution >= 4 is 23.7 Å². The zero-order valence-corrected chi connectivity index (χ0v) is 21.0. The first-order valence-electron chi connectivity index (χ1n) is 12.5. The lowest BCUT2D eigenvalue weighted by Gasteiger charge is -2.34. The van der Waals surface area contributed by atoms with Gasteiger partial charge in [0, 0.05) is 61.1 Å². The number of rotatable bonds is 2. The fraction of sp³-hybridized carbons (Fsp3) is 0.593. The fourth-order valence-corrected chi connectivity index (χ4v) is 5.56. The third-order valence-electron chi connectivity index (χ3n) is 7.40. The second kappa shape index (κ2) is 9.92. The number of aromatic nitrogens is 1. The van der Waals surface area contributed by atoms with Crippen LogP contribution in [0.15, 0.2) is 17.1 Å². The predicted molar refractivity (Wildman–Crippen MR) is 131 cm³/mol. The zero-order valence-electron chi connectivity index (χ0n) is 21.0. The van der Waals surface area contributed by atoms with Gasteiger partial charge in [0.15, 0.2) is 5.78 Å². The monoisotopic (exact) mass is 495 g/mol. The highest BCUT2D eigenvalue weighted by molar-refractivity contribution is 6.00. The summed E-state index contributed by atoms with van der Waals surface area (Å²) in [6, 6.07) is 1.55. The molecule has 1 aromatic rings. The first kappa shape index (κ1) is 25.7. The molecule has 3 amide bonds. The number of terminal acetylenes is 1. The molecule has 0 spiro atoms. The molecule has 2 unspecified atom stereocenters. The molecule has 0 radical (unpaired) electrons. The summed E-state index contributed by atoms with van der Waals surface area (Å²) >= 11 is 0. The van der Waals surface area contributed by atoms with Crippen molar-refractivity contribution in [2.75, 3.05) is 13.1 Å². The minimum atomic E-state index is -0.580. The second-order valence-corrected chi connectivity index (χ2v) is 10.9. The highest BCUT2D eigenvalue weighted by atomic mass is 16.6. The van der Waals surface area contributed by atoms with Crippen molar-refractivity contribution < 1.29 is 23.9 Å². The summed E-state index contributed by atoms with van der Waals surface area (Å²) in [5.74, 6) is 0.313. The second-order valence-electron chi connectivity index (χ2n) is 10.9. The van der Waals surface area contributed by atoms with Gasteiger partial charge < -0.3 is 14.2 Å². The van der Waals surface area contributed by atoms with Crippen LogP contribution in [0.5, 0.6) is 0 Å². The van der Waals surface area contributed by atoms with Crippen molar-refractivity contribution in [1.82, 2.24) is 14.8 Å². The summed E-state index contributed by atoms with van der Waals surface area (Å²) in [6.45, 7) is 6.38. The van der Waals surface area contributed by atoms with Gasteiger partial charge in [-0.25, -0.2) is 4.79 Å². The van der Waals surface area contributed by atoms with Gasteiger partial charge in [0.05, 0.1) is 0 Å². The molecule has 3 heterocycles. The van der Waals surface area contributed by atoms with E-state index in [1.807, 2.05) is 20.8 Å². The Bertz CT molecular complexity index is 1180. The van der Waals surface area contributed by atoms with E-state index >= 15 is 0 Å². The largest absolute Gasteiger partial charge is 0.444 e. The normalized spacial score (nSPS) is 25.4. The Morgan fingerprint density at radius 1 is 1.11 bits per heavy atom. The van der Waals surface area contributed by atoms with Crippen LogP contribution in [0.25, 0.3) is 0 Å². The third kappa shape index (κ3) is 5.23. The third-order valence-corrected chi connectivity index (χ3v) is 7.40. The minimum absolute atomic E-state index is 0.0592. The van der Waals surface area contributed by atoms with Crippen molar-refractivity contribution in [3.05, 3.63) is 33.7 Å². The van der Waals surface area contributed by atoms with Gasteiger partial charge in [-0.2, -0.15) is 0 Å². The Hall–Kier alpha value is -3.41. The molecule has 2 fully saturated rings. The number of carbonyl (C=O) groups is 4. The number of piperidine rings is 2. The average molecular weight is 496 g/mol. The average Bonchev–Trinajstić information content (AvgIpc) is 2.95. The van der Waals surface area contributed by atoms with Gasteiger partial charge in [0.1, 0.15) is 5.60 Å². The van der Waals surface area contributed by atoms with E-state index in [0.717, 1.165) is 0 Å². The molecule has 36 heavy (non-hydrogen) atoms. The van der Waals surface area contributed by atoms with Crippen LogP contribution in [0.2, 0.25) is 0 Å². The molecule has 3 aliphatic rings. The van der Waals surface area contributed by atoms with Gasteiger partial charge in [0.25, 0.3) is 5.56 Å². The molecule has 1 aliphatic carbocycles. The summed E-state index contributed by atoms with van der Waals surface area (Å²) in [5.41, 5.74) is -0.0995. The molecule has 4 rings (SSSR count). The molecule has 2 aliphatic heterocycles. The quantitative estimate of drug-likeness (QED) is 0.383. The minimum Gasteiger partial charge on any atom is -0.444 e. The molecule has 1 N–H and O–H groups in total. The lowest BCUT2D eigenvalue weighted by atomic mass is 9.74. The van der Waals surface area contributed by atoms with Crippen LogP contribution >= 0.6 is 0 Å². The highest BCUT2D eigenvalue weighted by Gasteiger charge is 2.41. The smallest absolute Gasteiger partial charge is 0.410 e. The van der Waals surface area contributed by atoms with E-state index < -0.39 is 29.3 Å². The van der Waals surface area contributed by atoms with Crippen LogP contribution in [0, 0.1) is 30.1 Å². The number of ether oxygens (including phenoxy) is 1. The SMILES string of the molecule is C#CC1CC(=O)c2ccn(C3CCN(C(=O)OC(C)(C)C)CC3)c(=O)c2CC1[C@H]1CCC(=O)NC1=O. The van der Waals surface area contributed by atoms with Gasteiger partial charge in [-0.05, 0) is 58.4 Å². The molecule has 0 bridgehead atoms. The lowest BCUT2D eigenvalue weighted by molar-refractivity contribution is -0.138. The van der Waals surface area contributed by atoms with Gasteiger partial charge in [-0.3, -0.25) is 24.5 Å². The first-order chi connectivity index (χ1) is 17.0. The lowest BCUT2D eigenvalue weighted by Crippen LogP contribution is -2.46. The highest BCUT2D eigenvalue weighted by Crippen LogP contribution is 2.36. The Morgan fingerprint density at radius 3 is 2.42 bits per heavy atom.